The van der Waals surface area contributed by atoms with Crippen LogP contribution in [0.4, 0.5) is 0 Å². The van der Waals surface area contributed by atoms with E-state index in [0.717, 1.165) is 11.5 Å². The van der Waals surface area contributed by atoms with Gasteiger partial charge in [0.15, 0.2) is 0 Å². The van der Waals surface area contributed by atoms with Crippen LogP contribution in [0.3, 0.4) is 0 Å². The van der Waals surface area contributed by atoms with Gasteiger partial charge in [0.25, 0.3) is 0 Å². The molecule has 0 aliphatic heterocycles. The fourth-order valence-corrected chi connectivity index (χ4v) is 1.85. The van der Waals surface area contributed by atoms with Crippen LogP contribution in [-0.4, -0.2) is 19.0 Å². The van der Waals surface area contributed by atoms with Crippen LogP contribution in [-0.2, 0) is 0 Å². The molecule has 0 amide bonds. The van der Waals surface area contributed by atoms with Crippen molar-refractivity contribution in [2.75, 3.05) is 14.1 Å². The van der Waals surface area contributed by atoms with Crippen LogP contribution in [0.25, 0.3) is 0 Å². The van der Waals surface area contributed by atoms with Gasteiger partial charge in [0, 0.05) is 13.3 Å². The first kappa shape index (κ1) is 8.35. The molecule has 1 fully saturated rings. The maximum atomic E-state index is 7.90. The molecule has 1 aromatic carbocycles. The van der Waals surface area contributed by atoms with Crippen LogP contribution in [0.5, 0.6) is 0 Å². The molecule has 1 saturated carbocycles. The van der Waals surface area contributed by atoms with Crippen LogP contribution in [0.2, 0.25) is 0 Å². The third-order valence-corrected chi connectivity index (χ3v) is 2.49. The number of hydrogen-bond donors (Lipinski definition) is 0. The molecule has 2 rings (SSSR count). The smallest absolute Gasteiger partial charge is 0.0623 e. The van der Waals surface area contributed by atoms with Crippen molar-refractivity contribution in [2.24, 2.45) is 0 Å². The van der Waals surface area contributed by atoms with E-state index in [0.29, 0.717) is 12.4 Å². The lowest BCUT2D eigenvalue weighted by Crippen LogP contribution is -2.25. The average Bonchev–Trinajstić information content (AvgIpc) is 2.68. The van der Waals surface area contributed by atoms with E-state index in [4.69, 9.17) is 2.74 Å². The van der Waals surface area contributed by atoms with E-state index in [-0.39, 0.29) is 6.04 Å². The zero-order chi connectivity index (χ0) is 12.4. The SMILES string of the molecule is [2H][C]1[CH][CH][CH][C]1[C@@H](c1ccc([2H])cc1)N(C)C. The largest absolute Gasteiger partial charge is 0.302 e. The lowest BCUT2D eigenvalue weighted by molar-refractivity contribution is 0.321. The molecule has 1 aliphatic rings. The lowest BCUT2D eigenvalue weighted by atomic mass is 9.91. The highest BCUT2D eigenvalue weighted by Gasteiger charge is 2.28. The van der Waals surface area contributed by atoms with Crippen molar-refractivity contribution >= 4 is 0 Å². The molecular weight excluding hydrogens is 182 g/mol. The highest BCUT2D eigenvalue weighted by atomic mass is 15.1. The van der Waals surface area contributed by atoms with Crippen molar-refractivity contribution in [3.05, 3.63) is 67.4 Å². The van der Waals surface area contributed by atoms with Gasteiger partial charge in [-0.25, -0.2) is 0 Å². The number of hydrogen-bond acceptors (Lipinski definition) is 1. The Kier molecular flexibility index (Phi) is 2.67. The zero-order valence-corrected chi connectivity index (χ0v) is 9.07. The Morgan fingerprint density at radius 2 is 1.93 bits per heavy atom. The second kappa shape index (κ2) is 4.80. The van der Waals surface area contributed by atoms with Gasteiger partial charge in [-0.2, -0.15) is 0 Å². The molecule has 5 radical (unpaired) electrons. The summed E-state index contributed by atoms with van der Waals surface area (Å²) in [6.45, 7) is 0. The highest BCUT2D eigenvalue weighted by molar-refractivity contribution is 5.42. The van der Waals surface area contributed by atoms with Crippen LogP contribution >= 0.6 is 0 Å². The molecule has 1 nitrogen and oxygen atoms in total. The van der Waals surface area contributed by atoms with Crippen LogP contribution in [0.15, 0.2) is 30.3 Å². The number of nitrogens with zero attached hydrogens (tertiary/aromatic N) is 1. The average molecular weight is 200 g/mol. The van der Waals surface area contributed by atoms with Gasteiger partial charge in [-0.1, -0.05) is 30.3 Å². The van der Waals surface area contributed by atoms with Crippen molar-refractivity contribution in [1.82, 2.24) is 4.90 Å². The third kappa shape index (κ3) is 2.40. The predicted octanol–water partition coefficient (Wildman–Crippen LogP) is 2.69. The van der Waals surface area contributed by atoms with Gasteiger partial charge in [-0.05, 0) is 45.3 Å². The Labute approximate surface area is 95.9 Å². The van der Waals surface area contributed by atoms with E-state index in [1.165, 1.54) is 0 Å². The van der Waals surface area contributed by atoms with E-state index in [2.05, 4.69) is 4.90 Å². The molecule has 15 heavy (non-hydrogen) atoms. The molecule has 0 N–H and O–H groups in total. The van der Waals surface area contributed by atoms with E-state index >= 15 is 0 Å². The molecule has 1 atom stereocenters. The molecule has 0 aromatic heterocycles. The Bertz CT molecular complexity index is 361. The fourth-order valence-electron chi connectivity index (χ4n) is 1.85. The summed E-state index contributed by atoms with van der Waals surface area (Å²) in [6, 6.07) is 8.09. The molecule has 77 valence electrons. The van der Waals surface area contributed by atoms with E-state index < -0.39 is 0 Å². The van der Waals surface area contributed by atoms with Gasteiger partial charge in [-0.3, -0.25) is 0 Å². The Balaban J connectivity index is 2.25. The summed E-state index contributed by atoms with van der Waals surface area (Å²) in [4.78, 5) is 2.09. The summed E-state index contributed by atoms with van der Waals surface area (Å²) in [5.41, 5.74) is 1.12. The van der Waals surface area contributed by atoms with Crippen molar-refractivity contribution in [2.45, 2.75) is 6.04 Å². The maximum absolute atomic E-state index is 7.90. The lowest BCUT2D eigenvalue weighted by Gasteiger charge is -2.29. The van der Waals surface area contributed by atoms with E-state index in [9.17, 15) is 0 Å². The molecule has 0 spiro atoms. The maximum Gasteiger partial charge on any atom is 0.0623 e. The van der Waals surface area contributed by atoms with E-state index in [1.807, 2.05) is 45.5 Å². The van der Waals surface area contributed by atoms with Gasteiger partial charge >= 0.3 is 0 Å². The first-order valence-corrected chi connectivity index (χ1v) is 5.05. The Hall–Kier alpha value is -0.820. The first-order valence-electron chi connectivity index (χ1n) is 6.05. The summed E-state index contributed by atoms with van der Waals surface area (Å²) in [7, 11) is 4.01. The van der Waals surface area contributed by atoms with Gasteiger partial charge < -0.3 is 4.90 Å². The van der Waals surface area contributed by atoms with Gasteiger partial charge in [0.05, 0.1) is 1.37 Å². The molecule has 0 bridgehead atoms. The monoisotopic (exact) mass is 200 g/mol. The molecule has 1 aromatic rings. The molecule has 0 saturated heterocycles. The zero-order valence-electron chi connectivity index (χ0n) is 11.1. The van der Waals surface area contributed by atoms with Crippen LogP contribution in [0.1, 0.15) is 14.3 Å². The van der Waals surface area contributed by atoms with Crippen LogP contribution < -0.4 is 0 Å². The quantitative estimate of drug-likeness (QED) is 0.725. The standard InChI is InChI=1S/C14H16N/c1-15(2)14(13-10-6-7-11-13)12-8-4-3-5-9-12/h3-11,14H,1-2H3/t14-/m1/s1/i3D,10D. The summed E-state index contributed by atoms with van der Waals surface area (Å²) in [5, 5.41) is 0. The number of rotatable bonds is 3. The fraction of sp³-hybridized carbons (Fsp3) is 0.214. The summed E-state index contributed by atoms with van der Waals surface area (Å²) in [6.07, 6.45) is 6.28. The van der Waals surface area contributed by atoms with Crippen molar-refractivity contribution in [1.29, 1.82) is 0 Å². The van der Waals surface area contributed by atoms with Gasteiger partial charge in [0.1, 0.15) is 0 Å². The highest BCUT2D eigenvalue weighted by Crippen LogP contribution is 2.37. The topological polar surface area (TPSA) is 3.24 Å². The van der Waals surface area contributed by atoms with Gasteiger partial charge in [-0.15, -0.1) is 0 Å². The molecule has 1 heteroatoms. The van der Waals surface area contributed by atoms with Crippen molar-refractivity contribution in [3.63, 3.8) is 0 Å². The molecule has 0 unspecified atom stereocenters. The minimum Gasteiger partial charge on any atom is -0.302 e. The minimum atomic E-state index is 0.0816. The van der Waals surface area contributed by atoms with Gasteiger partial charge in [0.2, 0.25) is 0 Å². The molecular formula is C14H16N. The minimum absolute atomic E-state index is 0.0816. The van der Waals surface area contributed by atoms with Crippen molar-refractivity contribution < 1.29 is 2.74 Å². The molecule has 1 aliphatic carbocycles. The molecule has 0 heterocycles. The Morgan fingerprint density at radius 1 is 1.20 bits per heavy atom. The van der Waals surface area contributed by atoms with Crippen molar-refractivity contribution in [3.8, 4) is 0 Å². The summed E-state index contributed by atoms with van der Waals surface area (Å²) in [5.74, 6) is 1.01. The summed E-state index contributed by atoms with van der Waals surface area (Å²) >= 11 is 0. The normalized spacial score (nSPS) is 22.9. The summed E-state index contributed by atoms with van der Waals surface area (Å²) < 4.78 is 15.4. The predicted molar refractivity (Wildman–Crippen MR) is 63.3 cm³/mol. The van der Waals surface area contributed by atoms with Crippen LogP contribution in [0, 0.1) is 31.6 Å². The van der Waals surface area contributed by atoms with E-state index in [1.54, 1.807) is 12.1 Å². The number of benzene rings is 1. The second-order valence-electron chi connectivity index (χ2n) is 3.82. The Morgan fingerprint density at radius 3 is 2.47 bits per heavy atom. The second-order valence-corrected chi connectivity index (χ2v) is 3.82. The first-order chi connectivity index (χ1) is 8.09. The third-order valence-electron chi connectivity index (χ3n) is 2.49.